The second-order valence-corrected chi connectivity index (χ2v) is 8.12. The number of hydrogen-bond acceptors (Lipinski definition) is 5. The van der Waals surface area contributed by atoms with Crippen molar-refractivity contribution < 1.29 is 13.2 Å². The first-order valence-corrected chi connectivity index (χ1v) is 9.26. The predicted octanol–water partition coefficient (Wildman–Crippen LogP) is 2.04. The Morgan fingerprint density at radius 3 is 2.41 bits per heavy atom. The molecule has 1 rings (SSSR count). The molecule has 1 aromatic heterocycles. The van der Waals surface area contributed by atoms with Gasteiger partial charge < -0.3 is 4.90 Å². The Hall–Kier alpha value is -1.44. The number of sulfone groups is 1. The van der Waals surface area contributed by atoms with E-state index in [1.54, 1.807) is 4.90 Å². The molecule has 0 aliphatic rings. The lowest BCUT2D eigenvalue weighted by Crippen LogP contribution is -2.36. The molecule has 126 valence electrons. The maximum absolute atomic E-state index is 12.3. The van der Waals surface area contributed by atoms with Gasteiger partial charge in [-0.05, 0) is 25.2 Å². The third-order valence-corrected chi connectivity index (χ3v) is 4.98. The van der Waals surface area contributed by atoms with Crippen LogP contribution in [-0.2, 0) is 9.84 Å². The van der Waals surface area contributed by atoms with E-state index in [0.29, 0.717) is 19.0 Å². The van der Waals surface area contributed by atoms with Crippen LogP contribution in [0.1, 0.15) is 41.0 Å². The van der Waals surface area contributed by atoms with Gasteiger partial charge in [0.2, 0.25) is 9.84 Å². The molecule has 0 saturated heterocycles. The van der Waals surface area contributed by atoms with Crippen LogP contribution in [0.15, 0.2) is 11.5 Å². The minimum absolute atomic E-state index is 0.0224. The van der Waals surface area contributed by atoms with Gasteiger partial charge in [0, 0.05) is 13.1 Å². The highest BCUT2D eigenvalue weighted by molar-refractivity contribution is 7.91. The van der Waals surface area contributed by atoms with Crippen molar-refractivity contribution in [3.05, 3.63) is 6.33 Å². The lowest BCUT2D eigenvalue weighted by molar-refractivity contribution is 0.195. The zero-order chi connectivity index (χ0) is 16.9. The van der Waals surface area contributed by atoms with Gasteiger partial charge in [-0.1, -0.05) is 27.7 Å². The molecule has 1 aromatic rings. The van der Waals surface area contributed by atoms with Crippen molar-refractivity contribution in [1.29, 1.82) is 0 Å². The van der Waals surface area contributed by atoms with Crippen molar-refractivity contribution in [3.63, 3.8) is 0 Å². The molecule has 0 atom stereocenters. The van der Waals surface area contributed by atoms with Gasteiger partial charge >= 0.3 is 6.03 Å². The Kier molecular flexibility index (Phi) is 6.52. The largest absolute Gasteiger partial charge is 0.346 e. The minimum Gasteiger partial charge on any atom is -0.323 e. The van der Waals surface area contributed by atoms with E-state index in [2.05, 4.69) is 23.9 Å². The summed E-state index contributed by atoms with van der Waals surface area (Å²) >= 11 is 0. The standard InChI is InChI=1S/C14H26N4O3S/c1-6-17(8-7-11(2)3)14(19)18-10-15-13(16-18)22(20,21)9-12(4)5/h10-12H,6-9H2,1-5H3. The fourth-order valence-electron chi connectivity index (χ4n) is 1.94. The lowest BCUT2D eigenvalue weighted by atomic mass is 10.1. The molecule has 0 saturated carbocycles. The smallest absolute Gasteiger partial charge is 0.323 e. The highest BCUT2D eigenvalue weighted by atomic mass is 32.2. The molecule has 22 heavy (non-hydrogen) atoms. The quantitative estimate of drug-likeness (QED) is 0.764. The molecule has 0 fully saturated rings. The van der Waals surface area contributed by atoms with E-state index in [1.165, 1.54) is 6.33 Å². The van der Waals surface area contributed by atoms with Crippen molar-refractivity contribution in [2.75, 3.05) is 18.8 Å². The maximum atomic E-state index is 12.3. The molecule has 0 aromatic carbocycles. The summed E-state index contributed by atoms with van der Waals surface area (Å²) in [5.74, 6) is 0.432. The van der Waals surface area contributed by atoms with E-state index in [9.17, 15) is 13.2 Å². The number of nitrogens with zero attached hydrogens (tertiary/aromatic N) is 4. The zero-order valence-corrected chi connectivity index (χ0v) is 14.8. The van der Waals surface area contributed by atoms with Gasteiger partial charge in [-0.3, -0.25) is 0 Å². The number of carbonyl (C=O) groups excluding carboxylic acids is 1. The average molecular weight is 330 g/mol. The number of aromatic nitrogens is 3. The Bertz CT molecular complexity index is 593. The molecule has 0 bridgehead atoms. The van der Waals surface area contributed by atoms with Crippen LogP contribution in [0.25, 0.3) is 0 Å². The Balaban J connectivity index is 2.88. The molecule has 0 aliphatic heterocycles. The Labute approximate surface area is 132 Å². The summed E-state index contributed by atoms with van der Waals surface area (Å²) in [5, 5.41) is 3.57. The molecule has 1 heterocycles. The van der Waals surface area contributed by atoms with Crippen molar-refractivity contribution in [2.24, 2.45) is 11.8 Å². The van der Waals surface area contributed by atoms with E-state index in [0.717, 1.165) is 11.1 Å². The van der Waals surface area contributed by atoms with Crippen LogP contribution in [0.3, 0.4) is 0 Å². The summed E-state index contributed by atoms with van der Waals surface area (Å²) in [6.07, 6.45) is 2.06. The van der Waals surface area contributed by atoms with Crippen LogP contribution in [0.2, 0.25) is 0 Å². The van der Waals surface area contributed by atoms with Crippen molar-refractivity contribution in [3.8, 4) is 0 Å². The number of carbonyl (C=O) groups is 1. The molecule has 8 heteroatoms. The Morgan fingerprint density at radius 2 is 1.91 bits per heavy atom. The first-order chi connectivity index (χ1) is 10.2. The van der Waals surface area contributed by atoms with Crippen molar-refractivity contribution in [1.82, 2.24) is 19.7 Å². The second-order valence-electron chi connectivity index (χ2n) is 6.19. The SMILES string of the molecule is CCN(CCC(C)C)C(=O)n1cnc(S(=O)(=O)CC(C)C)n1. The van der Waals surface area contributed by atoms with Crippen LogP contribution < -0.4 is 0 Å². The normalized spacial score (nSPS) is 12.1. The van der Waals surface area contributed by atoms with E-state index >= 15 is 0 Å². The van der Waals surface area contributed by atoms with E-state index in [1.807, 2.05) is 20.8 Å². The van der Waals surface area contributed by atoms with Crippen molar-refractivity contribution >= 4 is 15.9 Å². The van der Waals surface area contributed by atoms with E-state index in [4.69, 9.17) is 0 Å². The van der Waals surface area contributed by atoms with Gasteiger partial charge in [0.1, 0.15) is 6.33 Å². The summed E-state index contributed by atoms with van der Waals surface area (Å²) in [7, 11) is -3.54. The molecular formula is C14H26N4O3S. The van der Waals surface area contributed by atoms with Crippen LogP contribution in [0.5, 0.6) is 0 Å². The predicted molar refractivity (Wildman–Crippen MR) is 84.4 cm³/mol. The van der Waals surface area contributed by atoms with Gasteiger partial charge in [0.15, 0.2) is 0 Å². The fraction of sp³-hybridized carbons (Fsp3) is 0.786. The molecule has 0 unspecified atom stereocenters. The number of hydrogen-bond donors (Lipinski definition) is 0. The minimum atomic E-state index is -3.54. The van der Waals surface area contributed by atoms with Gasteiger partial charge in [0.05, 0.1) is 5.75 Å². The average Bonchev–Trinajstić information content (AvgIpc) is 2.87. The molecule has 0 spiro atoms. The van der Waals surface area contributed by atoms with E-state index in [-0.39, 0.29) is 22.9 Å². The summed E-state index contributed by atoms with van der Waals surface area (Å²) in [6.45, 7) is 10.8. The van der Waals surface area contributed by atoms with Gasteiger partial charge in [-0.25, -0.2) is 18.2 Å². The first-order valence-electron chi connectivity index (χ1n) is 7.61. The molecule has 0 aliphatic carbocycles. The van der Waals surface area contributed by atoms with Crippen LogP contribution in [-0.4, -0.2) is 53.0 Å². The number of rotatable bonds is 7. The highest BCUT2D eigenvalue weighted by Gasteiger charge is 2.24. The summed E-state index contributed by atoms with van der Waals surface area (Å²) in [5.41, 5.74) is 0. The van der Waals surface area contributed by atoms with Gasteiger partial charge in [0.25, 0.3) is 5.16 Å². The summed E-state index contributed by atoms with van der Waals surface area (Å²) in [4.78, 5) is 17.8. The van der Waals surface area contributed by atoms with Crippen LogP contribution in [0, 0.1) is 11.8 Å². The molecular weight excluding hydrogens is 304 g/mol. The topological polar surface area (TPSA) is 85.2 Å². The van der Waals surface area contributed by atoms with E-state index < -0.39 is 9.84 Å². The molecule has 1 amide bonds. The van der Waals surface area contributed by atoms with Gasteiger partial charge in [-0.2, -0.15) is 4.68 Å². The number of amides is 1. The molecule has 0 radical (unpaired) electrons. The molecule has 0 N–H and O–H groups in total. The highest BCUT2D eigenvalue weighted by Crippen LogP contribution is 2.10. The molecule has 7 nitrogen and oxygen atoms in total. The summed E-state index contributed by atoms with van der Waals surface area (Å²) < 4.78 is 25.2. The van der Waals surface area contributed by atoms with Crippen molar-refractivity contribution in [2.45, 2.75) is 46.2 Å². The van der Waals surface area contributed by atoms with Gasteiger partial charge in [-0.15, -0.1) is 5.10 Å². The first kappa shape index (κ1) is 18.6. The third-order valence-electron chi connectivity index (χ3n) is 3.13. The Morgan fingerprint density at radius 1 is 1.27 bits per heavy atom. The zero-order valence-electron chi connectivity index (χ0n) is 14.0. The fourth-order valence-corrected chi connectivity index (χ4v) is 3.39. The second kappa shape index (κ2) is 7.71. The monoisotopic (exact) mass is 330 g/mol. The maximum Gasteiger partial charge on any atom is 0.346 e. The summed E-state index contributed by atoms with van der Waals surface area (Å²) in [6, 6.07) is -0.346. The third kappa shape index (κ3) is 5.08. The lowest BCUT2D eigenvalue weighted by Gasteiger charge is -2.20. The van der Waals surface area contributed by atoms with Crippen LogP contribution >= 0.6 is 0 Å². The van der Waals surface area contributed by atoms with Crippen LogP contribution in [0.4, 0.5) is 4.79 Å².